The van der Waals surface area contributed by atoms with Crippen LogP contribution in [0.3, 0.4) is 0 Å². The summed E-state index contributed by atoms with van der Waals surface area (Å²) in [6.07, 6.45) is 5.52. The Balaban J connectivity index is 0.000000243. The van der Waals surface area contributed by atoms with Crippen molar-refractivity contribution in [3.8, 4) is 11.5 Å². The minimum Gasteiger partial charge on any atom is -0.482 e. The molecule has 4 bridgehead atoms. The molecule has 8 heterocycles. The molecule has 23 nitrogen and oxygen atoms in total. The fourth-order valence-corrected chi connectivity index (χ4v) is 11.2. The van der Waals surface area contributed by atoms with E-state index in [9.17, 15) is 55.9 Å². The molecule has 2 fully saturated rings. The van der Waals surface area contributed by atoms with Gasteiger partial charge in [0.1, 0.15) is 34.4 Å². The SMILES string of the molecule is CC1=NO[C@@]2(CC[C@H](C)N3C[C@H]2n2cc(C(=O)NCc4ccc(F)cc4F)c(=O)c(OCOC(=O)C(C)C)c2C3=O)C1.COC1=NO[C@@]2(CC[C@H](C)N3C[C@H]2n2cc(C(=O)NCc4ccc(F)cc4F)c(=O)c(OCOC(=O)C(C)C)c2C3=O)C1.[HH].[HH]. The van der Waals surface area contributed by atoms with Crippen molar-refractivity contribution in [2.45, 2.75) is 135 Å². The van der Waals surface area contributed by atoms with E-state index in [0.29, 0.717) is 50.1 Å². The van der Waals surface area contributed by atoms with E-state index in [2.05, 4.69) is 20.9 Å². The zero-order valence-corrected chi connectivity index (χ0v) is 47.9. The summed E-state index contributed by atoms with van der Waals surface area (Å²) in [5.41, 5.74) is -3.89. The highest BCUT2D eigenvalue weighted by Crippen LogP contribution is 2.48. The molecular formula is C58H68F4N8O15. The summed E-state index contributed by atoms with van der Waals surface area (Å²) >= 11 is 0. The van der Waals surface area contributed by atoms with Crippen LogP contribution in [0.5, 0.6) is 11.5 Å². The number of nitrogens with zero attached hydrogens (tertiary/aromatic N) is 6. The number of nitrogens with one attached hydrogen (secondary N) is 2. The average molecular weight is 1190 g/mol. The van der Waals surface area contributed by atoms with Crippen molar-refractivity contribution in [3.05, 3.63) is 126 Å². The van der Waals surface area contributed by atoms with E-state index in [4.69, 9.17) is 33.4 Å². The number of oxime groups is 2. The Kier molecular flexibility index (Phi) is 17.5. The zero-order valence-electron chi connectivity index (χ0n) is 47.9. The quantitative estimate of drug-likeness (QED) is 0.0757. The molecule has 6 aliphatic rings. The number of ether oxygens (including phenoxy) is 5. The standard InChI is InChI=1S/C29H32F2N4O8.C29H32F2N4O7.2H2/c1-15(2)28(39)42-14-41-25-23-27(38)34-13-21(29(8-7-16(34)3)10-22(40-4)33-43-29)35(23)12-19(24(25)36)26(37)32-11-17-5-6-18(30)9-20(17)31;1-15(2)28(39)41-14-40-25-23-27(38)34-13-22(29(8-7-17(34)4)10-16(3)33-42-29)35(23)12-20(24(25)36)26(37)32-11-18-5-6-19(30)9-21(18)31;;/h5-6,9,12,15-16,21H,7-8,10-11,13-14H2,1-4H3,(H,32,37);5-6,9,12,15,17,22H,7-8,10-11,13-14H2,1-4H3,(H,32,37);2*1H/t16-,21+,29-;17-,22+,29-;;/m00../s1. The van der Waals surface area contributed by atoms with Gasteiger partial charge in [-0.3, -0.25) is 38.4 Å². The van der Waals surface area contributed by atoms with Gasteiger partial charge < -0.3 is 62.9 Å². The molecule has 6 aliphatic heterocycles. The second-order valence-electron chi connectivity index (χ2n) is 22.4. The topological polar surface area (TPSA) is 266 Å². The predicted octanol–water partition coefficient (Wildman–Crippen LogP) is 6.69. The number of benzene rings is 2. The third-order valence-electron chi connectivity index (χ3n) is 16.1. The van der Waals surface area contributed by atoms with Gasteiger partial charge in [-0.15, -0.1) is 0 Å². The monoisotopic (exact) mass is 1190 g/mol. The predicted molar refractivity (Wildman–Crippen MR) is 295 cm³/mol. The van der Waals surface area contributed by atoms with Gasteiger partial charge in [0.05, 0.1) is 43.2 Å². The van der Waals surface area contributed by atoms with E-state index in [1.54, 1.807) is 37.5 Å². The summed E-state index contributed by atoms with van der Waals surface area (Å²) in [6, 6.07) is 4.26. The van der Waals surface area contributed by atoms with Crippen LogP contribution in [-0.2, 0) is 46.6 Å². The number of aromatic nitrogens is 2. The van der Waals surface area contributed by atoms with Gasteiger partial charge in [-0.2, -0.15) is 0 Å². The summed E-state index contributed by atoms with van der Waals surface area (Å²) in [5.74, 6) is -8.71. The van der Waals surface area contributed by atoms with Gasteiger partial charge in [0.2, 0.25) is 41.8 Å². The maximum atomic E-state index is 14.2. The molecule has 2 aromatic carbocycles. The number of halogens is 4. The van der Waals surface area contributed by atoms with Gasteiger partial charge in [-0.1, -0.05) is 50.1 Å². The normalized spacial score (nSPS) is 22.6. The third kappa shape index (κ3) is 12.0. The number of carbonyl (C=O) groups excluding carboxylic acids is 6. The number of hydrogen-bond donors (Lipinski definition) is 2. The first-order valence-corrected chi connectivity index (χ1v) is 27.6. The summed E-state index contributed by atoms with van der Waals surface area (Å²) in [5, 5.41) is 13.2. The van der Waals surface area contributed by atoms with E-state index in [-0.39, 0.29) is 75.6 Å². The number of hydrogen-bond acceptors (Lipinski definition) is 17. The van der Waals surface area contributed by atoms with E-state index in [1.807, 2.05) is 20.8 Å². The Morgan fingerprint density at radius 1 is 0.671 bits per heavy atom. The lowest BCUT2D eigenvalue weighted by Crippen LogP contribution is -2.52. The van der Waals surface area contributed by atoms with Crippen LogP contribution in [0.15, 0.2) is 68.7 Å². The maximum absolute atomic E-state index is 14.2. The van der Waals surface area contributed by atoms with Crippen LogP contribution in [0.1, 0.15) is 155 Å². The van der Waals surface area contributed by atoms with Crippen molar-refractivity contribution in [2.24, 2.45) is 22.1 Å². The highest BCUT2D eigenvalue weighted by molar-refractivity contribution is 6.01. The molecule has 0 saturated carbocycles. The van der Waals surface area contributed by atoms with E-state index >= 15 is 0 Å². The zero-order chi connectivity index (χ0) is 61.4. The number of fused-ring (bicyclic) bond motifs is 10. The van der Waals surface area contributed by atoms with Gasteiger partial charge in [0.15, 0.2) is 22.6 Å². The molecule has 27 heteroatoms. The summed E-state index contributed by atoms with van der Waals surface area (Å²) in [7, 11) is 1.47. The highest BCUT2D eigenvalue weighted by atomic mass is 19.1. The molecule has 0 aliphatic carbocycles. The molecule has 2 aromatic heterocycles. The molecule has 0 unspecified atom stereocenters. The van der Waals surface area contributed by atoms with Crippen LogP contribution in [0, 0.1) is 35.1 Å². The van der Waals surface area contributed by atoms with Crippen LogP contribution in [0.4, 0.5) is 17.6 Å². The Morgan fingerprint density at radius 2 is 1.09 bits per heavy atom. The van der Waals surface area contributed by atoms with Crippen molar-refractivity contribution in [1.29, 1.82) is 0 Å². The van der Waals surface area contributed by atoms with Gasteiger partial charge in [-0.05, 0) is 58.6 Å². The number of esters is 2. The van der Waals surface area contributed by atoms with Crippen molar-refractivity contribution in [3.63, 3.8) is 0 Å². The Hall–Kier alpha value is -8.78. The molecule has 6 atom stereocenters. The van der Waals surface area contributed by atoms with Crippen molar-refractivity contribution >= 4 is 47.2 Å². The summed E-state index contributed by atoms with van der Waals surface area (Å²) < 4.78 is 85.0. The average Bonchev–Trinajstić information content (AvgIpc) is 1.74. The Bertz CT molecular complexity index is 3570. The molecular weight excluding hydrogens is 1120 g/mol. The molecule has 458 valence electrons. The second kappa shape index (κ2) is 24.4. The first-order chi connectivity index (χ1) is 40.4. The second-order valence-corrected chi connectivity index (χ2v) is 22.4. The number of methoxy groups -OCH3 is 1. The number of pyridine rings is 2. The Morgan fingerprint density at radius 3 is 1.47 bits per heavy atom. The van der Waals surface area contributed by atoms with Crippen molar-refractivity contribution < 1.29 is 82.5 Å². The lowest BCUT2D eigenvalue weighted by atomic mass is 9.84. The fraction of sp³-hybridized carbons (Fsp3) is 0.483. The highest BCUT2D eigenvalue weighted by Gasteiger charge is 2.56. The van der Waals surface area contributed by atoms with Crippen LogP contribution in [0.25, 0.3) is 0 Å². The van der Waals surface area contributed by atoms with Crippen molar-refractivity contribution in [1.82, 2.24) is 29.6 Å². The maximum Gasteiger partial charge on any atom is 0.311 e. The van der Waals surface area contributed by atoms with E-state index < -0.39 is 135 Å². The van der Waals surface area contributed by atoms with Crippen LogP contribution < -0.4 is 31.0 Å². The first-order valence-electron chi connectivity index (χ1n) is 27.6. The van der Waals surface area contributed by atoms with Gasteiger partial charge in [0, 0.05) is 83.2 Å². The number of amides is 4. The third-order valence-corrected chi connectivity index (χ3v) is 16.1. The van der Waals surface area contributed by atoms with Gasteiger partial charge in [-0.25, -0.2) is 17.6 Å². The van der Waals surface area contributed by atoms with Crippen molar-refractivity contribution in [2.75, 3.05) is 33.8 Å². The molecule has 0 radical (unpaired) electrons. The summed E-state index contributed by atoms with van der Waals surface area (Å²) in [6.45, 7) is 10.5. The molecule has 4 aromatic rings. The van der Waals surface area contributed by atoms with Crippen LogP contribution in [0.2, 0.25) is 0 Å². The number of rotatable bonds is 14. The molecule has 4 amide bonds. The van der Waals surface area contributed by atoms with Crippen LogP contribution in [-0.4, -0.2) is 123 Å². The van der Waals surface area contributed by atoms with E-state index in [1.165, 1.54) is 40.8 Å². The molecule has 2 N–H and O–H groups in total. The minimum absolute atomic E-state index is 0. The number of carbonyl (C=O) groups is 6. The van der Waals surface area contributed by atoms with Gasteiger partial charge in [0.25, 0.3) is 23.6 Å². The van der Waals surface area contributed by atoms with Gasteiger partial charge >= 0.3 is 11.9 Å². The lowest BCUT2D eigenvalue weighted by Gasteiger charge is -2.42. The molecule has 2 spiro atoms. The van der Waals surface area contributed by atoms with Crippen LogP contribution >= 0.6 is 0 Å². The Labute approximate surface area is 487 Å². The summed E-state index contributed by atoms with van der Waals surface area (Å²) in [4.78, 5) is 121. The smallest absolute Gasteiger partial charge is 0.311 e. The molecule has 10 rings (SSSR count). The molecule has 2 saturated heterocycles. The molecule has 85 heavy (non-hydrogen) atoms. The fourth-order valence-electron chi connectivity index (χ4n) is 11.2. The minimum atomic E-state index is -0.967. The van der Waals surface area contributed by atoms with E-state index in [0.717, 1.165) is 17.8 Å². The lowest BCUT2D eigenvalue weighted by molar-refractivity contribution is -0.155. The first kappa shape index (κ1) is 60.8. The largest absolute Gasteiger partial charge is 0.482 e.